The molecule has 0 heteroatoms. The SMILES string of the molecule is C=C/C=C(\C=C)c1cc(-c2ccccc2)cc(-c2c3ccccc3c(-c3cc(C(/C=C\C)=C/CC)cc(-c4ccccc4)c3)c3ccccc23)c1. The maximum absolute atomic E-state index is 4.15. The van der Waals surface area contributed by atoms with Crippen molar-refractivity contribution in [3.63, 3.8) is 0 Å². The predicted molar refractivity (Wildman–Crippen MR) is 225 cm³/mol. The number of hydrogen-bond acceptors (Lipinski definition) is 0. The summed E-state index contributed by atoms with van der Waals surface area (Å²) in [5.41, 5.74) is 14.2. The summed E-state index contributed by atoms with van der Waals surface area (Å²) in [4.78, 5) is 0. The first-order chi connectivity index (χ1) is 25.1. The lowest BCUT2D eigenvalue weighted by molar-refractivity contribution is 1.23. The van der Waals surface area contributed by atoms with E-state index >= 15 is 0 Å². The summed E-state index contributed by atoms with van der Waals surface area (Å²) >= 11 is 0. The molecule has 0 atom stereocenters. The molecule has 0 saturated carbocycles. The second-order valence-corrected chi connectivity index (χ2v) is 12.8. The zero-order valence-electron chi connectivity index (χ0n) is 29.4. The molecule has 51 heavy (non-hydrogen) atoms. The van der Waals surface area contributed by atoms with Crippen LogP contribution in [0.25, 0.3) is 77.2 Å². The Bertz CT molecular complexity index is 2410. The van der Waals surface area contributed by atoms with Gasteiger partial charge in [0.1, 0.15) is 0 Å². The Hall–Kier alpha value is -6.24. The van der Waals surface area contributed by atoms with Crippen LogP contribution in [0.2, 0.25) is 0 Å². The molecule has 0 radical (unpaired) electrons. The molecule has 0 aliphatic heterocycles. The Morgan fingerprint density at radius 1 is 0.490 bits per heavy atom. The lowest BCUT2D eigenvalue weighted by Crippen LogP contribution is -1.94. The molecule has 0 spiro atoms. The van der Waals surface area contributed by atoms with Gasteiger partial charge in [-0.25, -0.2) is 0 Å². The van der Waals surface area contributed by atoms with Crippen molar-refractivity contribution in [1.82, 2.24) is 0 Å². The molecule has 7 aromatic rings. The van der Waals surface area contributed by atoms with Crippen LogP contribution < -0.4 is 0 Å². The van der Waals surface area contributed by atoms with E-state index in [9.17, 15) is 0 Å². The van der Waals surface area contributed by atoms with Gasteiger partial charge in [0.2, 0.25) is 0 Å². The van der Waals surface area contributed by atoms with E-state index in [4.69, 9.17) is 0 Å². The number of fused-ring (bicyclic) bond motifs is 2. The van der Waals surface area contributed by atoms with Crippen molar-refractivity contribution in [1.29, 1.82) is 0 Å². The van der Waals surface area contributed by atoms with Crippen molar-refractivity contribution in [3.05, 3.63) is 206 Å². The number of allylic oxidation sites excluding steroid dienone is 8. The number of hydrogen-bond donors (Lipinski definition) is 0. The first-order valence-corrected chi connectivity index (χ1v) is 17.8. The summed E-state index contributed by atoms with van der Waals surface area (Å²) in [6.07, 6.45) is 13.4. The maximum atomic E-state index is 4.15. The summed E-state index contributed by atoms with van der Waals surface area (Å²) in [7, 11) is 0. The highest BCUT2D eigenvalue weighted by Crippen LogP contribution is 2.46. The molecule has 0 aliphatic rings. The van der Waals surface area contributed by atoms with Gasteiger partial charge in [0.25, 0.3) is 0 Å². The van der Waals surface area contributed by atoms with Crippen molar-refractivity contribution >= 4 is 32.7 Å². The van der Waals surface area contributed by atoms with Crippen LogP contribution in [0, 0.1) is 0 Å². The van der Waals surface area contributed by atoms with Gasteiger partial charge in [-0.05, 0) is 138 Å². The summed E-state index contributed by atoms with van der Waals surface area (Å²) in [6.45, 7) is 12.4. The van der Waals surface area contributed by atoms with Crippen LogP contribution >= 0.6 is 0 Å². The Morgan fingerprint density at radius 2 is 0.902 bits per heavy atom. The van der Waals surface area contributed by atoms with Crippen LogP contribution in [0.15, 0.2) is 195 Å². The van der Waals surface area contributed by atoms with Gasteiger partial charge in [-0.2, -0.15) is 0 Å². The Labute approximate surface area is 302 Å². The molecule has 0 saturated heterocycles. The fourth-order valence-corrected chi connectivity index (χ4v) is 7.31. The molecule has 0 aromatic heterocycles. The van der Waals surface area contributed by atoms with Gasteiger partial charge in [0, 0.05) is 0 Å². The Morgan fingerprint density at radius 3 is 1.29 bits per heavy atom. The quantitative estimate of drug-likeness (QED) is 0.102. The second kappa shape index (κ2) is 15.1. The second-order valence-electron chi connectivity index (χ2n) is 12.8. The lowest BCUT2D eigenvalue weighted by Gasteiger charge is -2.20. The van der Waals surface area contributed by atoms with E-state index in [0.717, 1.165) is 23.1 Å². The molecule has 0 fully saturated rings. The van der Waals surface area contributed by atoms with Crippen molar-refractivity contribution in [3.8, 4) is 44.5 Å². The summed E-state index contributed by atoms with van der Waals surface area (Å²) in [5, 5.41) is 4.90. The van der Waals surface area contributed by atoms with Crippen molar-refractivity contribution < 1.29 is 0 Å². The van der Waals surface area contributed by atoms with Gasteiger partial charge in [-0.3, -0.25) is 0 Å². The van der Waals surface area contributed by atoms with Gasteiger partial charge in [-0.1, -0.05) is 166 Å². The maximum Gasteiger partial charge on any atom is -0.00259 e. The smallest absolute Gasteiger partial charge is 0.00259 e. The van der Waals surface area contributed by atoms with Crippen LogP contribution in [0.5, 0.6) is 0 Å². The van der Waals surface area contributed by atoms with Crippen LogP contribution in [0.1, 0.15) is 31.4 Å². The van der Waals surface area contributed by atoms with Gasteiger partial charge in [0.15, 0.2) is 0 Å². The molecule has 246 valence electrons. The standard InChI is InChI=1S/C51H42/c1-5-19-36(8-4)40-30-42(38-22-11-9-12-23-38)34-44(32-40)50-46-26-15-17-28-48(46)51(49-29-18-16-27-47(49)50)45-33-41(37(20-6-2)21-7-3)31-43(35-45)39-24-13-10-14-25-39/h5-6,8-35H,1,4,7H2,2-3H3/b20-6-,36-19+,37-21+. The molecular formula is C51H42. The van der Waals surface area contributed by atoms with E-state index in [2.05, 4.69) is 191 Å². The van der Waals surface area contributed by atoms with E-state index in [0.29, 0.717) is 0 Å². The highest BCUT2D eigenvalue weighted by Gasteiger charge is 2.19. The van der Waals surface area contributed by atoms with Gasteiger partial charge in [0.05, 0.1) is 0 Å². The van der Waals surface area contributed by atoms with Crippen LogP contribution in [-0.2, 0) is 0 Å². The molecule has 0 nitrogen and oxygen atoms in total. The molecule has 0 bridgehead atoms. The highest BCUT2D eigenvalue weighted by molar-refractivity contribution is 6.22. The average molecular weight is 655 g/mol. The molecule has 7 rings (SSSR count). The van der Waals surface area contributed by atoms with Gasteiger partial charge >= 0.3 is 0 Å². The van der Waals surface area contributed by atoms with Crippen LogP contribution in [-0.4, -0.2) is 0 Å². The van der Waals surface area contributed by atoms with Crippen molar-refractivity contribution in [2.24, 2.45) is 0 Å². The minimum absolute atomic E-state index is 0.963. The molecule has 0 heterocycles. The summed E-state index contributed by atoms with van der Waals surface area (Å²) in [6, 6.07) is 53.2. The fraction of sp³-hybridized carbons (Fsp3) is 0.0588. The zero-order valence-corrected chi connectivity index (χ0v) is 29.4. The zero-order chi connectivity index (χ0) is 35.2. The molecule has 0 aliphatic carbocycles. The fourth-order valence-electron chi connectivity index (χ4n) is 7.31. The van der Waals surface area contributed by atoms with Crippen molar-refractivity contribution in [2.75, 3.05) is 0 Å². The topological polar surface area (TPSA) is 0 Å². The van der Waals surface area contributed by atoms with Crippen LogP contribution in [0.3, 0.4) is 0 Å². The van der Waals surface area contributed by atoms with E-state index in [1.165, 1.54) is 71.6 Å². The van der Waals surface area contributed by atoms with Crippen molar-refractivity contribution in [2.45, 2.75) is 20.3 Å². The monoisotopic (exact) mass is 654 g/mol. The number of benzene rings is 7. The first-order valence-electron chi connectivity index (χ1n) is 17.8. The normalized spacial score (nSPS) is 12.1. The number of rotatable bonds is 10. The molecule has 0 amide bonds. The van der Waals surface area contributed by atoms with E-state index in [1.807, 2.05) is 18.2 Å². The molecule has 7 aromatic carbocycles. The largest absolute Gasteiger partial charge is 0.0990 e. The van der Waals surface area contributed by atoms with E-state index in [-0.39, 0.29) is 0 Å². The summed E-state index contributed by atoms with van der Waals surface area (Å²) in [5.74, 6) is 0. The Kier molecular flexibility index (Phi) is 9.86. The Balaban J connectivity index is 1.58. The minimum atomic E-state index is 0.963. The van der Waals surface area contributed by atoms with Gasteiger partial charge < -0.3 is 0 Å². The third kappa shape index (κ3) is 6.70. The lowest BCUT2D eigenvalue weighted by atomic mass is 9.83. The predicted octanol–water partition coefficient (Wildman–Crippen LogP) is 14.8. The molecule has 0 unspecified atom stereocenters. The van der Waals surface area contributed by atoms with Crippen LogP contribution in [0.4, 0.5) is 0 Å². The van der Waals surface area contributed by atoms with Gasteiger partial charge in [-0.15, -0.1) is 0 Å². The molecule has 0 N–H and O–H groups in total. The summed E-state index contributed by atoms with van der Waals surface area (Å²) < 4.78 is 0. The highest BCUT2D eigenvalue weighted by atomic mass is 14.2. The van der Waals surface area contributed by atoms with E-state index in [1.54, 1.807) is 0 Å². The third-order valence-electron chi connectivity index (χ3n) is 9.54. The van der Waals surface area contributed by atoms with E-state index < -0.39 is 0 Å². The molecular weight excluding hydrogens is 613 g/mol. The average Bonchev–Trinajstić information content (AvgIpc) is 3.19. The third-order valence-corrected chi connectivity index (χ3v) is 9.54. The first kappa shape index (κ1) is 33.3. The minimum Gasteiger partial charge on any atom is -0.0990 e.